The maximum absolute atomic E-state index is 10.6. The summed E-state index contributed by atoms with van der Waals surface area (Å²) in [5.41, 5.74) is 5.85. The van der Waals surface area contributed by atoms with Gasteiger partial charge < -0.3 is 71.5 Å². The first-order valence-electron chi connectivity index (χ1n) is 16.5. The van der Waals surface area contributed by atoms with Gasteiger partial charge >= 0.3 is 13.6 Å². The first kappa shape index (κ1) is 75.9. The Morgan fingerprint density at radius 3 is 1.20 bits per heavy atom. The largest absolute Gasteiger partial charge is 1.00 e. The topological polar surface area (TPSA) is 272 Å². The molecule has 3 aromatic rings. The Labute approximate surface area is 439 Å². The smallest absolute Gasteiger partial charge is 0.661 e. The summed E-state index contributed by atoms with van der Waals surface area (Å²) >= 11 is 0. The van der Waals surface area contributed by atoms with Crippen LogP contribution in [-0.4, -0.2) is 98.6 Å². The average molecular weight is 1090 g/mol. The number of carbonyl (C=O) groups is 2. The molecule has 339 valence electrons. The van der Waals surface area contributed by atoms with Crippen molar-refractivity contribution in [2.45, 2.75) is 44.8 Å². The quantitative estimate of drug-likeness (QED) is 0.109. The predicted octanol–water partition coefficient (Wildman–Crippen LogP) is 7.61. The minimum Gasteiger partial charge on any atom is -0.661 e. The number of non-ortho nitro benzene ring substituents is 3. The van der Waals surface area contributed by atoms with Crippen molar-refractivity contribution in [1.82, 2.24) is 16.0 Å². The number of amides is 2. The standard InChI is InChI=1S/C6H12N2O2.C6H11N2O2.3C6H5NO2.C4H9N2.CH4.4CH3.3Y/c2*1-10-6(9)8-5-2-3-7-4-5;3*8-7(9)6-4-2-1-3-5-6;5-4-1-2-6-3-4;;;;;;;;/h5,7H,2-4H2,1H3,(H,8,9);5H,2-4H2,1H3,(H,8,9);3*1-5H;4H,1-3,5H2;1H4;4*1H3;;;/q;-1;;;;-1;;4*-1;;;/p+1. The third-order valence-corrected chi connectivity index (χ3v) is 6.98. The molecule has 3 heterocycles. The Kier molecular flexibility index (Phi) is 60.4. The Morgan fingerprint density at radius 2 is 0.984 bits per heavy atom. The summed E-state index contributed by atoms with van der Waals surface area (Å²) in [6.45, 7) is 5.30. The Balaban J connectivity index is -0.0000000758. The Bertz CT molecular complexity index is 1340. The number of nitro benzene ring substituents is 3. The number of nitro groups is 3. The fraction of sp³-hybridized carbons (Fsp3) is 0.385. The number of para-hydroxylation sites is 3. The summed E-state index contributed by atoms with van der Waals surface area (Å²) in [5.74, 6) is 0. The van der Waals surface area contributed by atoms with E-state index in [0.29, 0.717) is 6.04 Å². The van der Waals surface area contributed by atoms with Crippen molar-refractivity contribution in [3.05, 3.63) is 162 Å². The number of carbonyl (C=O) groups excluding carboxylic acids is 2. The van der Waals surface area contributed by atoms with Gasteiger partial charge in [-0.15, -0.1) is 26.2 Å². The molecule has 3 fully saturated rings. The summed E-state index contributed by atoms with van der Waals surface area (Å²) in [6.07, 6.45) is 2.33. The third-order valence-electron chi connectivity index (χ3n) is 6.98. The van der Waals surface area contributed by atoms with E-state index in [1.807, 2.05) is 0 Å². The molecule has 3 saturated heterocycles. The van der Waals surface area contributed by atoms with Crippen LogP contribution in [0.4, 0.5) is 26.7 Å². The molecule has 3 aliphatic rings. The zero-order valence-electron chi connectivity index (χ0n) is 36.4. The van der Waals surface area contributed by atoms with Crippen LogP contribution in [-0.2, 0) is 108 Å². The maximum Gasteiger partial charge on any atom is 1.00 e. The molecule has 22 heteroatoms. The van der Waals surface area contributed by atoms with Crippen LogP contribution in [0.1, 0.15) is 28.1 Å². The van der Waals surface area contributed by atoms with Gasteiger partial charge in [-0.2, -0.15) is 0 Å². The Morgan fingerprint density at radius 1 is 0.639 bits per heavy atom. The molecule has 0 aromatic heterocycles. The molecule has 6 rings (SSSR count). The van der Waals surface area contributed by atoms with Crippen LogP contribution in [0.15, 0.2) is 91.0 Å². The molecule has 3 unspecified atom stereocenters. The third kappa shape index (κ3) is 40.1. The normalized spacial score (nSPS) is 15.3. The molecule has 3 atom stereocenters. The molecule has 3 radical (unpaired) electrons. The number of hydrogen-bond acceptors (Lipinski definition) is 12. The Hall–Kier alpha value is -2.45. The van der Waals surface area contributed by atoms with Crippen LogP contribution < -0.4 is 21.7 Å². The number of methoxy groups -OCH3 is 2. The first-order valence-corrected chi connectivity index (χ1v) is 16.5. The van der Waals surface area contributed by atoms with Gasteiger partial charge in [0.05, 0.1) is 29.0 Å². The number of rotatable bonds is 5. The van der Waals surface area contributed by atoms with Gasteiger partial charge in [0.25, 0.3) is 17.1 Å². The molecule has 0 bridgehead atoms. The van der Waals surface area contributed by atoms with Crippen molar-refractivity contribution in [2.75, 3.05) is 53.5 Å². The molecular formula is C39H64N9O10Y3-5. The number of ether oxygens (including phenoxy) is 2. The number of nitrogens with one attached hydrogen (secondary N) is 3. The molecule has 3 aliphatic heterocycles. The van der Waals surface area contributed by atoms with Crippen molar-refractivity contribution in [3.8, 4) is 0 Å². The van der Waals surface area contributed by atoms with E-state index in [-0.39, 0.29) is 178 Å². The van der Waals surface area contributed by atoms with Gasteiger partial charge in [-0.1, -0.05) is 74.9 Å². The predicted molar refractivity (Wildman–Crippen MR) is 232 cm³/mol. The molecular weight excluding hydrogens is 1020 g/mol. The van der Waals surface area contributed by atoms with Crippen molar-refractivity contribution >= 4 is 29.2 Å². The number of hydrogen-bond donors (Lipinski definition) is 4. The fourth-order valence-corrected chi connectivity index (χ4v) is 4.19. The van der Waals surface area contributed by atoms with Gasteiger partial charge in [-0.3, -0.25) is 30.3 Å². The van der Waals surface area contributed by atoms with Gasteiger partial charge in [-0.05, 0) is 19.0 Å². The zero-order valence-corrected chi connectivity index (χ0v) is 43.9. The van der Waals surface area contributed by atoms with Crippen LogP contribution in [0.25, 0.3) is 10.6 Å². The maximum atomic E-state index is 10.6. The molecule has 0 spiro atoms. The molecule has 3 aromatic carbocycles. The first-order chi connectivity index (χ1) is 25.5. The summed E-state index contributed by atoms with van der Waals surface area (Å²) < 4.78 is 8.85. The van der Waals surface area contributed by atoms with E-state index in [4.69, 9.17) is 5.73 Å². The van der Waals surface area contributed by atoms with E-state index in [0.717, 1.165) is 58.5 Å². The summed E-state index contributed by atoms with van der Waals surface area (Å²) in [7, 11) is 2.74. The summed E-state index contributed by atoms with van der Waals surface area (Å²) in [5, 5.41) is 46.7. The minimum absolute atomic E-state index is 0. The SMILES string of the molecule is C.COC(=O)NC1CCNC1.COC(=O)NC1CC[N-]C1.NC1CC[N-]C1.O=[N+]([O-])c1ccccc1.O=[N+]([O-])c1ccccc1.O=[N+]([O-])c1ccccc1.[CH3-].[CH3-].[CH3-].[CH3-].[H+].[Y].[Y].[Y]. The molecule has 61 heavy (non-hydrogen) atoms. The van der Waals surface area contributed by atoms with E-state index in [1.54, 1.807) is 54.6 Å². The van der Waals surface area contributed by atoms with Gasteiger partial charge in [0.2, 0.25) is 0 Å². The number of nitrogens with zero attached hydrogens (tertiary/aromatic N) is 5. The van der Waals surface area contributed by atoms with Gasteiger partial charge in [-0.25, -0.2) is 9.59 Å². The number of benzene rings is 3. The van der Waals surface area contributed by atoms with Crippen LogP contribution in [0.3, 0.4) is 0 Å². The van der Waals surface area contributed by atoms with Gasteiger partial charge in [0, 0.05) is 153 Å². The number of nitrogens with two attached hydrogens (primary N) is 1. The van der Waals surface area contributed by atoms with Gasteiger partial charge in [0.15, 0.2) is 0 Å². The molecule has 5 N–H and O–H groups in total. The fourth-order valence-electron chi connectivity index (χ4n) is 4.19. The van der Waals surface area contributed by atoms with Crippen LogP contribution in [0.2, 0.25) is 0 Å². The molecule has 0 saturated carbocycles. The summed E-state index contributed by atoms with van der Waals surface area (Å²) in [4.78, 5) is 50.0. The van der Waals surface area contributed by atoms with Crippen LogP contribution >= 0.6 is 0 Å². The van der Waals surface area contributed by atoms with Crippen molar-refractivity contribution in [2.24, 2.45) is 5.73 Å². The molecule has 19 nitrogen and oxygen atoms in total. The zero-order chi connectivity index (χ0) is 39.3. The van der Waals surface area contributed by atoms with E-state index in [2.05, 4.69) is 36.1 Å². The second-order valence-electron chi connectivity index (χ2n) is 11.0. The second kappa shape index (κ2) is 48.6. The van der Waals surface area contributed by atoms with E-state index >= 15 is 0 Å². The van der Waals surface area contributed by atoms with E-state index in [9.17, 15) is 39.9 Å². The average Bonchev–Trinajstić information content (AvgIpc) is 4.00. The molecule has 0 aliphatic carbocycles. The van der Waals surface area contributed by atoms with E-state index < -0.39 is 14.8 Å². The summed E-state index contributed by atoms with van der Waals surface area (Å²) in [6, 6.07) is 24.6. The van der Waals surface area contributed by atoms with Gasteiger partial charge in [0.1, 0.15) is 0 Å². The van der Waals surface area contributed by atoms with E-state index in [1.165, 1.54) is 50.6 Å². The second-order valence-corrected chi connectivity index (χ2v) is 11.0. The van der Waals surface area contributed by atoms with Crippen molar-refractivity contribution in [3.63, 3.8) is 0 Å². The van der Waals surface area contributed by atoms with Crippen molar-refractivity contribution in [1.29, 1.82) is 0 Å². The van der Waals surface area contributed by atoms with Crippen LogP contribution in [0.5, 0.6) is 0 Å². The van der Waals surface area contributed by atoms with Crippen molar-refractivity contribution < 1.29 is 133 Å². The minimum atomic E-state index is -0.417. The monoisotopic (exact) mass is 1090 g/mol. The molecule has 2 amide bonds. The van der Waals surface area contributed by atoms with Crippen LogP contribution in [0, 0.1) is 60.0 Å². The number of alkyl carbamates (subject to hydrolysis) is 2.